The second kappa shape index (κ2) is 3.63. The van der Waals surface area contributed by atoms with E-state index >= 15 is 0 Å². The zero-order valence-corrected chi connectivity index (χ0v) is 8.78. The lowest BCUT2D eigenvalue weighted by Gasteiger charge is -2.10. The Balaban J connectivity index is 2.05. The number of fused-ring (bicyclic) bond motifs is 1. The lowest BCUT2D eigenvalue weighted by atomic mass is 9.93. The van der Waals surface area contributed by atoms with E-state index in [9.17, 15) is 4.39 Å². The maximum atomic E-state index is 13.2. The first-order valence-electron chi connectivity index (χ1n) is 5.43. The van der Waals surface area contributed by atoms with E-state index in [0.29, 0.717) is 0 Å². The lowest BCUT2D eigenvalue weighted by Crippen LogP contribution is -2.03. The number of nitrogens with one attached hydrogen (secondary N) is 1. The van der Waals surface area contributed by atoms with Gasteiger partial charge in [0, 0.05) is 18.2 Å². The third kappa shape index (κ3) is 1.47. The summed E-state index contributed by atoms with van der Waals surface area (Å²) in [5, 5.41) is 3.35. The quantitative estimate of drug-likeness (QED) is 0.765. The molecule has 80 valence electrons. The van der Waals surface area contributed by atoms with Gasteiger partial charge in [-0.2, -0.15) is 0 Å². The SMILES string of the molecule is Fc1cccc(C2CNc3ccccc32)c1. The summed E-state index contributed by atoms with van der Waals surface area (Å²) in [4.78, 5) is 0. The van der Waals surface area contributed by atoms with Gasteiger partial charge in [-0.15, -0.1) is 0 Å². The zero-order chi connectivity index (χ0) is 11.0. The number of rotatable bonds is 1. The molecule has 2 aromatic rings. The number of halogens is 1. The Morgan fingerprint density at radius 3 is 2.81 bits per heavy atom. The van der Waals surface area contributed by atoms with Crippen LogP contribution in [0.25, 0.3) is 0 Å². The molecule has 3 rings (SSSR count). The summed E-state index contributed by atoms with van der Waals surface area (Å²) in [5.74, 6) is 0.105. The summed E-state index contributed by atoms with van der Waals surface area (Å²) < 4.78 is 13.2. The van der Waals surface area contributed by atoms with Gasteiger partial charge in [-0.25, -0.2) is 4.39 Å². The summed E-state index contributed by atoms with van der Waals surface area (Å²) in [6, 6.07) is 15.1. The van der Waals surface area contributed by atoms with Gasteiger partial charge in [-0.05, 0) is 29.3 Å². The molecule has 2 heteroatoms. The standard InChI is InChI=1S/C14H12FN/c15-11-5-3-4-10(8-11)13-9-16-14-7-2-1-6-12(13)14/h1-8,13,16H,9H2. The highest BCUT2D eigenvalue weighted by Crippen LogP contribution is 2.35. The van der Waals surface area contributed by atoms with Crippen LogP contribution in [0.3, 0.4) is 0 Å². The van der Waals surface area contributed by atoms with Crippen LogP contribution in [-0.2, 0) is 0 Å². The average Bonchev–Trinajstić information content (AvgIpc) is 2.72. The molecule has 0 bridgehead atoms. The van der Waals surface area contributed by atoms with Crippen molar-refractivity contribution in [1.29, 1.82) is 0 Å². The van der Waals surface area contributed by atoms with E-state index in [1.54, 1.807) is 12.1 Å². The van der Waals surface area contributed by atoms with Crippen LogP contribution >= 0.6 is 0 Å². The smallest absolute Gasteiger partial charge is 0.123 e. The minimum absolute atomic E-state index is 0.165. The molecule has 1 heterocycles. The monoisotopic (exact) mass is 213 g/mol. The van der Waals surface area contributed by atoms with E-state index in [-0.39, 0.29) is 11.7 Å². The molecule has 0 fully saturated rings. The molecule has 0 saturated carbocycles. The van der Waals surface area contributed by atoms with Gasteiger partial charge in [-0.1, -0.05) is 30.3 Å². The van der Waals surface area contributed by atoms with Crippen LogP contribution < -0.4 is 5.32 Å². The third-order valence-corrected chi connectivity index (χ3v) is 3.08. The normalized spacial score (nSPS) is 17.9. The number of hydrogen-bond acceptors (Lipinski definition) is 1. The molecule has 0 spiro atoms. The van der Waals surface area contributed by atoms with Crippen LogP contribution in [-0.4, -0.2) is 6.54 Å². The molecule has 1 nitrogen and oxygen atoms in total. The van der Waals surface area contributed by atoms with Crippen LogP contribution in [0, 0.1) is 5.82 Å². The Morgan fingerprint density at radius 2 is 1.94 bits per heavy atom. The van der Waals surface area contributed by atoms with Gasteiger partial charge in [-0.3, -0.25) is 0 Å². The van der Waals surface area contributed by atoms with Crippen molar-refractivity contribution in [3.05, 3.63) is 65.5 Å². The predicted octanol–water partition coefficient (Wildman–Crippen LogP) is 3.38. The van der Waals surface area contributed by atoms with Gasteiger partial charge in [0.05, 0.1) is 0 Å². The first-order valence-corrected chi connectivity index (χ1v) is 5.43. The van der Waals surface area contributed by atoms with Crippen molar-refractivity contribution >= 4 is 5.69 Å². The topological polar surface area (TPSA) is 12.0 Å². The second-order valence-electron chi connectivity index (χ2n) is 4.08. The van der Waals surface area contributed by atoms with Gasteiger partial charge in [0.1, 0.15) is 5.82 Å². The van der Waals surface area contributed by atoms with Gasteiger partial charge >= 0.3 is 0 Å². The predicted molar refractivity (Wildman–Crippen MR) is 63.2 cm³/mol. The number of para-hydroxylation sites is 1. The number of benzene rings is 2. The van der Waals surface area contributed by atoms with Crippen molar-refractivity contribution in [2.45, 2.75) is 5.92 Å². The molecule has 1 atom stereocenters. The molecule has 0 amide bonds. The Morgan fingerprint density at radius 1 is 1.06 bits per heavy atom. The van der Waals surface area contributed by atoms with Crippen molar-refractivity contribution in [1.82, 2.24) is 0 Å². The largest absolute Gasteiger partial charge is 0.384 e. The van der Waals surface area contributed by atoms with Crippen molar-refractivity contribution < 1.29 is 4.39 Å². The molecule has 0 radical (unpaired) electrons. The van der Waals surface area contributed by atoms with Gasteiger partial charge in [0.15, 0.2) is 0 Å². The van der Waals surface area contributed by atoms with E-state index in [4.69, 9.17) is 0 Å². The van der Waals surface area contributed by atoms with E-state index in [1.807, 2.05) is 18.2 Å². The average molecular weight is 213 g/mol. The maximum Gasteiger partial charge on any atom is 0.123 e. The molecule has 16 heavy (non-hydrogen) atoms. The van der Waals surface area contributed by atoms with E-state index in [2.05, 4.69) is 17.4 Å². The summed E-state index contributed by atoms with van der Waals surface area (Å²) in [5.41, 5.74) is 3.46. The summed E-state index contributed by atoms with van der Waals surface area (Å²) in [7, 11) is 0. The Hall–Kier alpha value is -1.83. The lowest BCUT2D eigenvalue weighted by molar-refractivity contribution is 0.624. The van der Waals surface area contributed by atoms with Gasteiger partial charge in [0.25, 0.3) is 0 Å². The molecule has 0 aromatic heterocycles. The molecule has 0 saturated heterocycles. The minimum atomic E-state index is -0.165. The molecule has 2 aromatic carbocycles. The van der Waals surface area contributed by atoms with Gasteiger partial charge < -0.3 is 5.32 Å². The summed E-state index contributed by atoms with van der Waals surface area (Å²) >= 11 is 0. The Kier molecular flexibility index (Phi) is 2.13. The van der Waals surface area contributed by atoms with Crippen LogP contribution in [0.1, 0.15) is 17.0 Å². The maximum absolute atomic E-state index is 13.2. The fourth-order valence-corrected chi connectivity index (χ4v) is 2.30. The first kappa shape index (κ1) is 9.40. The van der Waals surface area contributed by atoms with Crippen LogP contribution in [0.15, 0.2) is 48.5 Å². The molecule has 1 aliphatic heterocycles. The fourth-order valence-electron chi connectivity index (χ4n) is 2.30. The summed E-state index contributed by atoms with van der Waals surface area (Å²) in [6.45, 7) is 0.850. The van der Waals surface area contributed by atoms with Crippen LogP contribution in [0.4, 0.5) is 10.1 Å². The zero-order valence-electron chi connectivity index (χ0n) is 8.78. The molecule has 1 N–H and O–H groups in total. The highest BCUT2D eigenvalue weighted by molar-refractivity contribution is 5.60. The van der Waals surface area contributed by atoms with E-state index in [1.165, 1.54) is 11.6 Å². The number of hydrogen-bond donors (Lipinski definition) is 1. The molecular formula is C14H12FN. The third-order valence-electron chi connectivity index (χ3n) is 3.08. The second-order valence-corrected chi connectivity index (χ2v) is 4.08. The summed E-state index contributed by atoms with van der Waals surface area (Å²) in [6.07, 6.45) is 0. The molecule has 1 unspecified atom stereocenters. The fraction of sp³-hybridized carbons (Fsp3) is 0.143. The van der Waals surface area contributed by atoms with Gasteiger partial charge in [0.2, 0.25) is 0 Å². The number of anilines is 1. The Bertz CT molecular complexity index is 522. The Labute approximate surface area is 93.9 Å². The van der Waals surface area contributed by atoms with Crippen molar-refractivity contribution in [3.8, 4) is 0 Å². The van der Waals surface area contributed by atoms with E-state index in [0.717, 1.165) is 17.8 Å². The molecule has 1 aliphatic rings. The highest BCUT2D eigenvalue weighted by Gasteiger charge is 2.22. The van der Waals surface area contributed by atoms with E-state index < -0.39 is 0 Å². The highest BCUT2D eigenvalue weighted by atomic mass is 19.1. The van der Waals surface area contributed by atoms with Crippen molar-refractivity contribution in [2.24, 2.45) is 0 Å². The van der Waals surface area contributed by atoms with Crippen LogP contribution in [0.5, 0.6) is 0 Å². The molecular weight excluding hydrogens is 201 g/mol. The first-order chi connectivity index (χ1) is 7.84. The van der Waals surface area contributed by atoms with Crippen molar-refractivity contribution in [2.75, 3.05) is 11.9 Å². The molecule has 0 aliphatic carbocycles. The van der Waals surface area contributed by atoms with Crippen LogP contribution in [0.2, 0.25) is 0 Å². The van der Waals surface area contributed by atoms with Crippen molar-refractivity contribution in [3.63, 3.8) is 0 Å². The minimum Gasteiger partial charge on any atom is -0.384 e.